The van der Waals surface area contributed by atoms with Crippen molar-refractivity contribution in [2.75, 3.05) is 21.0 Å². The Kier molecular flexibility index (Phi) is 3.72. The zero-order valence-corrected chi connectivity index (χ0v) is 5.88. The Bertz CT molecular complexity index is 69.4. The van der Waals surface area contributed by atoms with E-state index >= 15 is 0 Å². The van der Waals surface area contributed by atoms with Crippen molar-refractivity contribution in [2.24, 2.45) is 0 Å². The summed E-state index contributed by atoms with van der Waals surface area (Å²) in [5, 5.41) is 8.28. The van der Waals surface area contributed by atoms with Crippen LogP contribution in [0.4, 0.5) is 0 Å². The van der Waals surface area contributed by atoms with Crippen LogP contribution in [-0.2, 0) is 14.2 Å². The van der Waals surface area contributed by atoms with Gasteiger partial charge in [0.15, 0.2) is 0 Å². The zero-order valence-electron chi connectivity index (χ0n) is 5.88. The standard InChI is InChI=1S/C5H12O4/c1-5(7-2,8-3)9-4-6/h6H,4H2,1-3H3. The number of methoxy groups -OCH3 is 2. The first-order chi connectivity index (χ1) is 4.18. The van der Waals surface area contributed by atoms with Crippen LogP contribution in [0, 0.1) is 0 Å². The number of ether oxygens (including phenoxy) is 3. The van der Waals surface area contributed by atoms with Gasteiger partial charge in [0.05, 0.1) is 0 Å². The van der Waals surface area contributed by atoms with Crippen LogP contribution < -0.4 is 0 Å². The molecule has 0 fully saturated rings. The topological polar surface area (TPSA) is 47.9 Å². The van der Waals surface area contributed by atoms with Crippen molar-refractivity contribution < 1.29 is 19.3 Å². The molecule has 0 saturated carbocycles. The number of rotatable bonds is 4. The van der Waals surface area contributed by atoms with E-state index < -0.39 is 12.8 Å². The quantitative estimate of drug-likeness (QED) is 0.549. The van der Waals surface area contributed by atoms with Gasteiger partial charge in [-0.15, -0.1) is 0 Å². The van der Waals surface area contributed by atoms with Crippen molar-refractivity contribution >= 4 is 0 Å². The molecule has 0 aromatic heterocycles. The number of aliphatic hydroxyl groups is 1. The summed E-state index contributed by atoms with van der Waals surface area (Å²) >= 11 is 0. The molecule has 0 saturated heterocycles. The molecule has 4 nitrogen and oxygen atoms in total. The summed E-state index contributed by atoms with van der Waals surface area (Å²) in [5.41, 5.74) is 0. The summed E-state index contributed by atoms with van der Waals surface area (Å²) in [6.45, 7) is 1.14. The van der Waals surface area contributed by atoms with Gasteiger partial charge >= 0.3 is 0 Å². The lowest BCUT2D eigenvalue weighted by Crippen LogP contribution is -2.33. The Balaban J connectivity index is 3.62. The lowest BCUT2D eigenvalue weighted by molar-refractivity contribution is -0.367. The second-order valence-electron chi connectivity index (χ2n) is 1.54. The highest BCUT2D eigenvalue weighted by atomic mass is 16.9. The van der Waals surface area contributed by atoms with Crippen LogP contribution in [0.2, 0.25) is 0 Å². The Morgan fingerprint density at radius 2 is 1.78 bits per heavy atom. The van der Waals surface area contributed by atoms with E-state index in [1.54, 1.807) is 6.92 Å². The second-order valence-corrected chi connectivity index (χ2v) is 1.54. The SMILES string of the molecule is COC(C)(OC)OCO. The van der Waals surface area contributed by atoms with Crippen molar-refractivity contribution in [1.82, 2.24) is 0 Å². The molecule has 56 valence electrons. The van der Waals surface area contributed by atoms with Crippen molar-refractivity contribution in [3.05, 3.63) is 0 Å². The average Bonchev–Trinajstić information content (AvgIpc) is 1.89. The van der Waals surface area contributed by atoms with Crippen molar-refractivity contribution in [3.63, 3.8) is 0 Å². The number of hydrogen-bond acceptors (Lipinski definition) is 4. The van der Waals surface area contributed by atoms with Crippen molar-refractivity contribution in [3.8, 4) is 0 Å². The Labute approximate surface area is 54.3 Å². The van der Waals surface area contributed by atoms with Crippen LogP contribution in [0.1, 0.15) is 6.92 Å². The van der Waals surface area contributed by atoms with Gasteiger partial charge in [-0.3, -0.25) is 0 Å². The highest BCUT2D eigenvalue weighted by Gasteiger charge is 2.22. The summed E-state index contributed by atoms with van der Waals surface area (Å²) in [6, 6.07) is 0. The van der Waals surface area contributed by atoms with E-state index in [2.05, 4.69) is 4.74 Å². The fourth-order valence-electron chi connectivity index (χ4n) is 0.318. The van der Waals surface area contributed by atoms with Gasteiger partial charge < -0.3 is 19.3 Å². The van der Waals surface area contributed by atoms with Crippen LogP contribution in [0.5, 0.6) is 0 Å². The Morgan fingerprint density at radius 1 is 1.33 bits per heavy atom. The molecule has 1 N–H and O–H groups in total. The summed E-state index contributed by atoms with van der Waals surface area (Å²) in [4.78, 5) is 0. The Hall–Kier alpha value is -0.160. The zero-order chi connectivity index (χ0) is 7.33. The number of hydrogen-bond donors (Lipinski definition) is 1. The molecule has 0 rings (SSSR count). The third-order valence-electron chi connectivity index (χ3n) is 1.07. The van der Waals surface area contributed by atoms with Crippen molar-refractivity contribution in [2.45, 2.75) is 12.9 Å². The summed E-state index contributed by atoms with van der Waals surface area (Å²) in [5.74, 6) is -1.12. The second kappa shape index (κ2) is 3.79. The minimum Gasteiger partial charge on any atom is -0.370 e. The van der Waals surface area contributed by atoms with E-state index in [0.29, 0.717) is 0 Å². The molecule has 0 aromatic carbocycles. The van der Waals surface area contributed by atoms with E-state index in [9.17, 15) is 0 Å². The van der Waals surface area contributed by atoms with Crippen LogP contribution in [0.25, 0.3) is 0 Å². The fourth-order valence-corrected chi connectivity index (χ4v) is 0.318. The van der Waals surface area contributed by atoms with Gasteiger partial charge in [-0.1, -0.05) is 0 Å². The van der Waals surface area contributed by atoms with E-state index in [0.717, 1.165) is 0 Å². The first-order valence-corrected chi connectivity index (χ1v) is 2.53. The largest absolute Gasteiger partial charge is 0.370 e. The van der Waals surface area contributed by atoms with Gasteiger partial charge in [0, 0.05) is 21.1 Å². The molecule has 9 heavy (non-hydrogen) atoms. The maximum absolute atomic E-state index is 8.28. The van der Waals surface area contributed by atoms with Crippen LogP contribution in [0.3, 0.4) is 0 Å². The smallest absolute Gasteiger partial charge is 0.281 e. The third kappa shape index (κ3) is 2.76. The van der Waals surface area contributed by atoms with Crippen LogP contribution in [-0.4, -0.2) is 32.1 Å². The predicted molar refractivity (Wildman–Crippen MR) is 30.6 cm³/mol. The maximum Gasteiger partial charge on any atom is 0.281 e. The lowest BCUT2D eigenvalue weighted by atomic mass is 10.6. The first-order valence-electron chi connectivity index (χ1n) is 2.53. The predicted octanol–water partition coefficient (Wildman–Crippen LogP) is -0.0807. The van der Waals surface area contributed by atoms with Crippen LogP contribution in [0.15, 0.2) is 0 Å². The molecule has 4 heteroatoms. The minimum absolute atomic E-state index is 0.418. The molecule has 0 bridgehead atoms. The van der Waals surface area contributed by atoms with Gasteiger partial charge in [-0.25, -0.2) is 0 Å². The van der Waals surface area contributed by atoms with E-state index in [1.165, 1.54) is 14.2 Å². The molecule has 0 heterocycles. The summed E-state index contributed by atoms with van der Waals surface area (Å²) in [6.07, 6.45) is 0. The summed E-state index contributed by atoms with van der Waals surface area (Å²) in [7, 11) is 2.86. The molecule has 0 spiro atoms. The molecule has 0 aliphatic rings. The molecule has 0 aliphatic heterocycles. The third-order valence-corrected chi connectivity index (χ3v) is 1.07. The highest BCUT2D eigenvalue weighted by Crippen LogP contribution is 2.09. The average molecular weight is 136 g/mol. The molecule has 0 unspecified atom stereocenters. The molecule has 0 amide bonds. The van der Waals surface area contributed by atoms with Crippen molar-refractivity contribution in [1.29, 1.82) is 0 Å². The minimum atomic E-state index is -1.12. The normalized spacial score (nSPS) is 12.0. The monoisotopic (exact) mass is 136 g/mol. The van der Waals surface area contributed by atoms with Gasteiger partial charge in [-0.2, -0.15) is 0 Å². The van der Waals surface area contributed by atoms with Crippen LogP contribution >= 0.6 is 0 Å². The van der Waals surface area contributed by atoms with Gasteiger partial charge in [0.25, 0.3) is 5.97 Å². The molecular formula is C5H12O4. The molecule has 0 atom stereocenters. The maximum atomic E-state index is 8.28. The number of aliphatic hydroxyl groups excluding tert-OH is 1. The van der Waals surface area contributed by atoms with Gasteiger partial charge in [-0.05, 0) is 0 Å². The van der Waals surface area contributed by atoms with E-state index in [4.69, 9.17) is 14.6 Å². The summed E-state index contributed by atoms with van der Waals surface area (Å²) < 4.78 is 14.1. The van der Waals surface area contributed by atoms with Gasteiger partial charge in [0.1, 0.15) is 6.79 Å². The highest BCUT2D eigenvalue weighted by molar-refractivity contribution is 4.39. The fraction of sp³-hybridized carbons (Fsp3) is 1.00. The lowest BCUT2D eigenvalue weighted by Gasteiger charge is -2.24. The molecular weight excluding hydrogens is 124 g/mol. The van der Waals surface area contributed by atoms with E-state index in [1.807, 2.05) is 0 Å². The molecule has 0 aromatic rings. The molecule has 0 radical (unpaired) electrons. The van der Waals surface area contributed by atoms with Gasteiger partial charge in [0.2, 0.25) is 0 Å². The molecule has 0 aliphatic carbocycles. The first kappa shape index (κ1) is 8.84. The van der Waals surface area contributed by atoms with E-state index in [-0.39, 0.29) is 0 Å². The Morgan fingerprint density at radius 3 is 1.89 bits per heavy atom.